The Hall–Kier alpha value is -1.08. The van der Waals surface area contributed by atoms with E-state index in [9.17, 15) is 0 Å². The van der Waals surface area contributed by atoms with E-state index in [1.165, 1.54) is 0 Å². The number of ether oxygens (including phenoxy) is 1. The van der Waals surface area contributed by atoms with Crippen LogP contribution in [-0.2, 0) is 4.74 Å². The van der Waals surface area contributed by atoms with E-state index in [1.807, 2.05) is 19.9 Å². The lowest BCUT2D eigenvalue weighted by atomic mass is 9.82. The van der Waals surface area contributed by atoms with Crippen LogP contribution in [0.3, 0.4) is 0 Å². The molecule has 0 unspecified atom stereocenters. The second-order valence-electron chi connectivity index (χ2n) is 2.98. The molecule has 0 saturated carbocycles. The summed E-state index contributed by atoms with van der Waals surface area (Å²) in [5.41, 5.74) is 3.14. The van der Waals surface area contributed by atoms with E-state index in [4.69, 9.17) is 4.74 Å². The largest absolute Gasteiger partial charge is 0.259 e. The molecule has 0 bridgehead atoms. The highest BCUT2D eigenvalue weighted by molar-refractivity contribution is 5.58. The van der Waals surface area contributed by atoms with Gasteiger partial charge in [-0.05, 0) is 6.58 Å². The van der Waals surface area contributed by atoms with Gasteiger partial charge in [-0.1, -0.05) is 0 Å². The fraction of sp³-hybridized carbons (Fsp3) is 0.273. The van der Waals surface area contributed by atoms with Gasteiger partial charge >= 0.3 is 0 Å². The SMILES string of the molecule is C=C1C(C)=C[C+](OC)C(=C)[C+]1C. The molecule has 1 aliphatic carbocycles. The Labute approximate surface area is 74.4 Å². The molecule has 0 aromatic heterocycles. The van der Waals surface area contributed by atoms with E-state index in [0.717, 1.165) is 28.7 Å². The van der Waals surface area contributed by atoms with Crippen LogP contribution in [-0.4, -0.2) is 7.11 Å². The summed E-state index contributed by atoms with van der Waals surface area (Å²) in [7, 11) is 1.66. The van der Waals surface area contributed by atoms with Crippen molar-refractivity contribution in [1.82, 2.24) is 0 Å². The first-order valence-electron chi connectivity index (χ1n) is 3.90. The Morgan fingerprint density at radius 2 is 2.00 bits per heavy atom. The molecule has 0 aromatic rings. The van der Waals surface area contributed by atoms with E-state index in [-0.39, 0.29) is 0 Å². The van der Waals surface area contributed by atoms with Crippen molar-refractivity contribution in [2.75, 3.05) is 7.11 Å². The number of allylic oxidation sites excluding steroid dienone is 2. The van der Waals surface area contributed by atoms with Crippen molar-refractivity contribution >= 4 is 0 Å². The number of hydrogen-bond acceptors (Lipinski definition) is 1. The fourth-order valence-electron chi connectivity index (χ4n) is 1.22. The Morgan fingerprint density at radius 1 is 1.42 bits per heavy atom. The summed E-state index contributed by atoms with van der Waals surface area (Å²) < 4.78 is 5.17. The summed E-state index contributed by atoms with van der Waals surface area (Å²) in [6.07, 6.45) is 2.81. The first-order chi connectivity index (χ1) is 5.57. The van der Waals surface area contributed by atoms with Crippen LogP contribution in [0.15, 0.2) is 36.0 Å². The van der Waals surface area contributed by atoms with Crippen LogP contribution in [0.25, 0.3) is 0 Å². The molecule has 0 fully saturated rings. The Morgan fingerprint density at radius 3 is 2.50 bits per heavy atom. The van der Waals surface area contributed by atoms with Gasteiger partial charge in [-0.15, -0.1) is 0 Å². The number of rotatable bonds is 1. The molecule has 0 heterocycles. The van der Waals surface area contributed by atoms with Crippen LogP contribution in [0.2, 0.25) is 0 Å². The zero-order valence-electron chi connectivity index (χ0n) is 7.90. The van der Waals surface area contributed by atoms with Crippen molar-refractivity contribution in [2.24, 2.45) is 0 Å². The summed E-state index contributed by atoms with van der Waals surface area (Å²) in [5.74, 6) is 1.12. The van der Waals surface area contributed by atoms with Crippen molar-refractivity contribution in [3.05, 3.63) is 48.0 Å². The van der Waals surface area contributed by atoms with E-state index >= 15 is 0 Å². The average molecular weight is 162 g/mol. The molecule has 1 nitrogen and oxygen atoms in total. The molecule has 0 spiro atoms. The van der Waals surface area contributed by atoms with Gasteiger partial charge in [0, 0.05) is 13.8 Å². The van der Waals surface area contributed by atoms with Crippen molar-refractivity contribution in [1.29, 1.82) is 0 Å². The molecular formula is C11H14O+2. The lowest BCUT2D eigenvalue weighted by Crippen LogP contribution is -2.14. The molecule has 62 valence electrons. The number of methoxy groups -OCH3 is 1. The standard InChI is InChI=1S/C11H14O/c1-7-6-11(12-5)10(4)9(3)8(7)2/h6H,2,4H2,1,3,5H3/q+2. The minimum atomic E-state index is 0.845. The molecule has 1 rings (SSSR count). The third-order valence-electron chi connectivity index (χ3n) is 2.25. The second-order valence-corrected chi connectivity index (χ2v) is 2.98. The molecule has 1 aliphatic rings. The third kappa shape index (κ3) is 1.28. The monoisotopic (exact) mass is 162 g/mol. The molecule has 0 radical (unpaired) electrons. The lowest BCUT2D eigenvalue weighted by molar-refractivity contribution is 0.248. The Bertz CT molecular complexity index is 248. The molecule has 0 saturated heterocycles. The van der Waals surface area contributed by atoms with Crippen LogP contribution in [0.5, 0.6) is 0 Å². The van der Waals surface area contributed by atoms with Crippen LogP contribution in [0.1, 0.15) is 13.8 Å². The van der Waals surface area contributed by atoms with Gasteiger partial charge in [0.1, 0.15) is 23.1 Å². The lowest BCUT2D eigenvalue weighted by Gasteiger charge is -2.12. The average Bonchev–Trinajstić information content (AvgIpc) is 2.08. The summed E-state index contributed by atoms with van der Waals surface area (Å²) in [5, 5.41) is 0. The van der Waals surface area contributed by atoms with E-state index in [1.54, 1.807) is 7.11 Å². The second kappa shape index (κ2) is 3.11. The molecule has 0 N–H and O–H groups in total. The maximum atomic E-state index is 5.17. The summed E-state index contributed by atoms with van der Waals surface area (Å²) in [6.45, 7) is 11.9. The van der Waals surface area contributed by atoms with Gasteiger partial charge < -0.3 is 0 Å². The smallest absolute Gasteiger partial charge is 0.254 e. The minimum absolute atomic E-state index is 0.845. The molecule has 12 heavy (non-hydrogen) atoms. The zero-order chi connectivity index (χ0) is 9.30. The summed E-state index contributed by atoms with van der Waals surface area (Å²) in [6, 6.07) is 0. The highest BCUT2D eigenvalue weighted by atomic mass is 16.5. The number of hydrogen-bond donors (Lipinski definition) is 0. The van der Waals surface area contributed by atoms with Crippen molar-refractivity contribution < 1.29 is 4.74 Å². The molecular weight excluding hydrogens is 148 g/mol. The van der Waals surface area contributed by atoms with E-state index < -0.39 is 0 Å². The minimum Gasteiger partial charge on any atom is -0.254 e. The predicted molar refractivity (Wildman–Crippen MR) is 51.2 cm³/mol. The summed E-state index contributed by atoms with van der Waals surface area (Å²) >= 11 is 0. The molecule has 0 atom stereocenters. The van der Waals surface area contributed by atoms with Crippen molar-refractivity contribution in [3.8, 4) is 0 Å². The maximum Gasteiger partial charge on any atom is 0.259 e. The van der Waals surface area contributed by atoms with Crippen molar-refractivity contribution in [3.63, 3.8) is 0 Å². The zero-order valence-corrected chi connectivity index (χ0v) is 7.90. The van der Waals surface area contributed by atoms with Crippen molar-refractivity contribution in [2.45, 2.75) is 13.8 Å². The Kier molecular flexibility index (Phi) is 2.34. The van der Waals surface area contributed by atoms with Crippen LogP contribution in [0.4, 0.5) is 0 Å². The van der Waals surface area contributed by atoms with Gasteiger partial charge in [-0.25, -0.2) is 0 Å². The third-order valence-corrected chi connectivity index (χ3v) is 2.25. The van der Waals surface area contributed by atoms with E-state index in [2.05, 4.69) is 13.2 Å². The molecule has 0 aromatic carbocycles. The topological polar surface area (TPSA) is 9.23 Å². The molecule has 1 heteroatoms. The Balaban J connectivity index is 2.98. The first-order valence-corrected chi connectivity index (χ1v) is 3.90. The van der Waals surface area contributed by atoms with Gasteiger partial charge in [-0.2, -0.15) is 0 Å². The highest BCUT2D eigenvalue weighted by Crippen LogP contribution is 2.37. The maximum absolute atomic E-state index is 5.17. The van der Waals surface area contributed by atoms with Gasteiger partial charge in [0.05, 0.1) is 13.7 Å². The fourth-order valence-corrected chi connectivity index (χ4v) is 1.22. The van der Waals surface area contributed by atoms with E-state index in [0.29, 0.717) is 0 Å². The predicted octanol–water partition coefficient (Wildman–Crippen LogP) is 2.83. The van der Waals surface area contributed by atoms with Crippen LogP contribution < -0.4 is 0 Å². The van der Waals surface area contributed by atoms with Gasteiger partial charge in [0.2, 0.25) is 5.57 Å². The van der Waals surface area contributed by atoms with Crippen LogP contribution in [0, 0.1) is 12.0 Å². The first kappa shape index (κ1) is 9.01. The quantitative estimate of drug-likeness (QED) is 0.539. The van der Waals surface area contributed by atoms with Crippen LogP contribution >= 0.6 is 0 Å². The highest BCUT2D eigenvalue weighted by Gasteiger charge is 2.41. The summed E-state index contributed by atoms with van der Waals surface area (Å²) in [4.78, 5) is 0. The van der Waals surface area contributed by atoms with Gasteiger partial charge in [0.25, 0.3) is 6.10 Å². The molecule has 0 aliphatic heterocycles. The van der Waals surface area contributed by atoms with Gasteiger partial charge in [-0.3, -0.25) is 4.74 Å². The normalized spacial score (nSPS) is 18.4. The molecule has 0 amide bonds. The van der Waals surface area contributed by atoms with Gasteiger partial charge in [0.15, 0.2) is 0 Å².